The van der Waals surface area contributed by atoms with Gasteiger partial charge in [-0.05, 0) is 39.7 Å². The Morgan fingerprint density at radius 2 is 1.90 bits per heavy atom. The molecule has 2 rings (SSSR count). The van der Waals surface area contributed by atoms with Crippen molar-refractivity contribution in [3.8, 4) is 0 Å². The predicted molar refractivity (Wildman–Crippen MR) is 92.9 cm³/mol. The molecule has 0 aliphatic heterocycles. The van der Waals surface area contributed by atoms with E-state index in [0.29, 0.717) is 6.54 Å². The summed E-state index contributed by atoms with van der Waals surface area (Å²) in [5, 5.41) is 15.5. The van der Waals surface area contributed by atoms with Gasteiger partial charge in [0.25, 0.3) is 0 Å². The molecular formula is C15H15Br2N3O. The summed E-state index contributed by atoms with van der Waals surface area (Å²) in [4.78, 5) is 0. The van der Waals surface area contributed by atoms with E-state index in [2.05, 4.69) is 42.3 Å². The lowest BCUT2D eigenvalue weighted by Gasteiger charge is -2.18. The summed E-state index contributed by atoms with van der Waals surface area (Å²) in [6.07, 6.45) is 0. The van der Waals surface area contributed by atoms with Gasteiger partial charge >= 0.3 is 0 Å². The minimum absolute atomic E-state index is 0.180. The highest BCUT2D eigenvalue weighted by molar-refractivity contribution is 9.11. The average molecular weight is 413 g/mol. The minimum atomic E-state index is -0.206. The topological polar surface area (TPSA) is 70.6 Å². The van der Waals surface area contributed by atoms with Crippen LogP contribution in [0.1, 0.15) is 11.5 Å². The molecule has 0 fully saturated rings. The number of benzene rings is 2. The van der Waals surface area contributed by atoms with E-state index >= 15 is 0 Å². The van der Waals surface area contributed by atoms with Crippen LogP contribution in [0.5, 0.6) is 0 Å². The van der Waals surface area contributed by atoms with E-state index in [0.717, 1.165) is 20.2 Å². The third kappa shape index (κ3) is 4.22. The smallest absolute Gasteiger partial charge is 0.148 e. The monoisotopic (exact) mass is 411 g/mol. The minimum Gasteiger partial charge on any atom is -0.409 e. The maximum absolute atomic E-state index is 8.98. The number of hydrogen-bond acceptors (Lipinski definition) is 3. The molecule has 2 aromatic rings. The van der Waals surface area contributed by atoms with Gasteiger partial charge in [-0.15, -0.1) is 0 Å². The molecule has 0 spiro atoms. The first-order valence-corrected chi connectivity index (χ1v) is 7.91. The highest BCUT2D eigenvalue weighted by Crippen LogP contribution is 2.27. The van der Waals surface area contributed by atoms with Crippen LogP contribution in [0, 0.1) is 0 Å². The summed E-state index contributed by atoms with van der Waals surface area (Å²) >= 11 is 6.94. The molecule has 6 heteroatoms. The Morgan fingerprint density at radius 3 is 2.57 bits per heavy atom. The zero-order chi connectivity index (χ0) is 15.2. The van der Waals surface area contributed by atoms with Crippen molar-refractivity contribution in [2.45, 2.75) is 5.92 Å². The van der Waals surface area contributed by atoms with E-state index in [1.54, 1.807) is 0 Å². The first-order valence-electron chi connectivity index (χ1n) is 6.33. The molecule has 0 bridgehead atoms. The molecule has 2 aromatic carbocycles. The molecule has 21 heavy (non-hydrogen) atoms. The largest absolute Gasteiger partial charge is 0.409 e. The van der Waals surface area contributed by atoms with E-state index < -0.39 is 0 Å². The highest BCUT2D eigenvalue weighted by Gasteiger charge is 2.16. The number of hydrogen-bond donors (Lipinski definition) is 3. The lowest BCUT2D eigenvalue weighted by atomic mass is 9.98. The molecule has 110 valence electrons. The average Bonchev–Trinajstić information content (AvgIpc) is 2.51. The molecule has 0 aromatic heterocycles. The molecular weight excluding hydrogens is 398 g/mol. The Balaban J connectivity index is 2.19. The quantitative estimate of drug-likeness (QED) is 0.299. The normalized spacial score (nSPS) is 13.0. The predicted octanol–water partition coefficient (Wildman–Crippen LogP) is 4.15. The Bertz CT molecular complexity index is 632. The first-order chi connectivity index (χ1) is 10.1. The van der Waals surface area contributed by atoms with Crippen molar-refractivity contribution in [1.82, 2.24) is 0 Å². The van der Waals surface area contributed by atoms with Gasteiger partial charge in [0.15, 0.2) is 0 Å². The number of anilines is 1. The number of nitrogens with zero attached hydrogens (tertiary/aromatic N) is 1. The summed E-state index contributed by atoms with van der Waals surface area (Å²) in [5.41, 5.74) is 7.75. The molecule has 0 radical (unpaired) electrons. The molecule has 4 N–H and O–H groups in total. The Kier molecular flexibility index (Phi) is 5.64. The van der Waals surface area contributed by atoms with Crippen molar-refractivity contribution in [3.63, 3.8) is 0 Å². The number of oxime groups is 1. The molecule has 0 aliphatic carbocycles. The molecule has 0 heterocycles. The van der Waals surface area contributed by atoms with Gasteiger partial charge < -0.3 is 16.3 Å². The zero-order valence-corrected chi connectivity index (χ0v) is 14.3. The molecule has 0 aliphatic rings. The maximum atomic E-state index is 8.98. The summed E-state index contributed by atoms with van der Waals surface area (Å²) in [7, 11) is 0. The van der Waals surface area contributed by atoms with Crippen molar-refractivity contribution < 1.29 is 5.21 Å². The van der Waals surface area contributed by atoms with Crippen molar-refractivity contribution in [1.29, 1.82) is 0 Å². The fraction of sp³-hybridized carbons (Fsp3) is 0.133. The van der Waals surface area contributed by atoms with Gasteiger partial charge in [-0.2, -0.15) is 0 Å². The lowest BCUT2D eigenvalue weighted by molar-refractivity contribution is 0.316. The molecule has 1 atom stereocenters. The fourth-order valence-corrected chi connectivity index (χ4v) is 2.74. The van der Waals surface area contributed by atoms with Gasteiger partial charge in [-0.1, -0.05) is 51.4 Å². The van der Waals surface area contributed by atoms with Crippen LogP contribution in [-0.4, -0.2) is 17.6 Å². The third-order valence-corrected chi connectivity index (χ3v) is 4.28. The van der Waals surface area contributed by atoms with Gasteiger partial charge in [0.2, 0.25) is 0 Å². The van der Waals surface area contributed by atoms with Crippen molar-refractivity contribution in [3.05, 3.63) is 63.0 Å². The van der Waals surface area contributed by atoms with Crippen LogP contribution in [-0.2, 0) is 0 Å². The number of amidine groups is 1. The van der Waals surface area contributed by atoms with Crippen LogP contribution >= 0.6 is 31.9 Å². The van der Waals surface area contributed by atoms with Crippen LogP contribution in [0.3, 0.4) is 0 Å². The number of halogens is 2. The molecule has 1 unspecified atom stereocenters. The number of rotatable bonds is 5. The lowest BCUT2D eigenvalue weighted by Crippen LogP contribution is -2.28. The van der Waals surface area contributed by atoms with Crippen LogP contribution in [0.2, 0.25) is 0 Å². The van der Waals surface area contributed by atoms with E-state index in [1.165, 1.54) is 0 Å². The number of nitrogens with two attached hydrogens (primary N) is 1. The van der Waals surface area contributed by atoms with Crippen LogP contribution in [0.15, 0.2) is 62.6 Å². The maximum Gasteiger partial charge on any atom is 0.148 e. The van der Waals surface area contributed by atoms with Gasteiger partial charge in [0, 0.05) is 21.2 Å². The molecule has 0 amide bonds. The third-order valence-electron chi connectivity index (χ3n) is 3.10. The van der Waals surface area contributed by atoms with E-state index in [9.17, 15) is 0 Å². The molecule has 4 nitrogen and oxygen atoms in total. The SMILES string of the molecule is NC(=NO)C(CNc1cc(Br)ccc1Br)c1ccccc1. The second-order valence-corrected chi connectivity index (χ2v) is 6.26. The highest BCUT2D eigenvalue weighted by atomic mass is 79.9. The fourth-order valence-electron chi connectivity index (χ4n) is 1.99. The van der Waals surface area contributed by atoms with Crippen molar-refractivity contribution >= 4 is 43.4 Å². The number of nitrogens with one attached hydrogen (secondary N) is 1. The van der Waals surface area contributed by atoms with Crippen LogP contribution < -0.4 is 11.1 Å². The summed E-state index contributed by atoms with van der Waals surface area (Å²) < 4.78 is 1.94. The molecule has 0 saturated heterocycles. The standard InChI is InChI=1S/C15H15Br2N3O/c16-11-6-7-13(17)14(8-11)19-9-12(15(18)20-21)10-4-2-1-3-5-10/h1-8,12,19,21H,9H2,(H2,18,20). The summed E-state index contributed by atoms with van der Waals surface area (Å²) in [6.45, 7) is 0.523. The molecule has 0 saturated carbocycles. The summed E-state index contributed by atoms with van der Waals surface area (Å²) in [6, 6.07) is 15.6. The Labute approximate surface area is 140 Å². The summed E-state index contributed by atoms with van der Waals surface area (Å²) in [5.74, 6) is -0.0260. The second-order valence-electron chi connectivity index (χ2n) is 4.49. The van der Waals surface area contributed by atoms with Gasteiger partial charge in [-0.3, -0.25) is 0 Å². The van der Waals surface area contributed by atoms with E-state index in [-0.39, 0.29) is 11.8 Å². The Morgan fingerprint density at radius 1 is 1.19 bits per heavy atom. The Hall–Kier alpha value is -1.53. The van der Waals surface area contributed by atoms with E-state index in [4.69, 9.17) is 10.9 Å². The van der Waals surface area contributed by atoms with Gasteiger partial charge in [0.05, 0.1) is 5.92 Å². The van der Waals surface area contributed by atoms with Gasteiger partial charge in [0.1, 0.15) is 5.84 Å². The van der Waals surface area contributed by atoms with Crippen LogP contribution in [0.25, 0.3) is 0 Å². The van der Waals surface area contributed by atoms with Gasteiger partial charge in [-0.25, -0.2) is 0 Å². The van der Waals surface area contributed by atoms with Crippen LogP contribution in [0.4, 0.5) is 5.69 Å². The first kappa shape index (κ1) is 15.9. The second kappa shape index (κ2) is 7.47. The van der Waals surface area contributed by atoms with Crippen molar-refractivity contribution in [2.24, 2.45) is 10.9 Å². The van der Waals surface area contributed by atoms with E-state index in [1.807, 2.05) is 48.5 Å². The van der Waals surface area contributed by atoms with Crippen molar-refractivity contribution in [2.75, 3.05) is 11.9 Å². The zero-order valence-electron chi connectivity index (χ0n) is 11.1.